The number of anilines is 1. The third kappa shape index (κ3) is 2.00. The van der Waals surface area contributed by atoms with Crippen molar-refractivity contribution in [1.29, 1.82) is 5.26 Å². The molecule has 0 radical (unpaired) electrons. The van der Waals surface area contributed by atoms with Crippen LogP contribution in [0, 0.1) is 11.3 Å². The van der Waals surface area contributed by atoms with Crippen molar-refractivity contribution in [1.82, 2.24) is 4.98 Å². The minimum Gasteiger partial charge on any atom is -0.351 e. The lowest BCUT2D eigenvalue weighted by Gasteiger charge is -2.38. The van der Waals surface area contributed by atoms with Crippen LogP contribution in [0.2, 0.25) is 0 Å². The van der Waals surface area contributed by atoms with E-state index in [0.717, 1.165) is 18.1 Å². The first-order chi connectivity index (χ1) is 7.74. The maximum Gasteiger partial charge on any atom is 0.146 e. The van der Waals surface area contributed by atoms with Crippen molar-refractivity contribution in [3.63, 3.8) is 0 Å². The van der Waals surface area contributed by atoms with E-state index in [0.29, 0.717) is 16.9 Å². The number of hydrogen-bond acceptors (Lipinski definition) is 4. The fourth-order valence-electron chi connectivity index (χ4n) is 1.95. The van der Waals surface area contributed by atoms with Gasteiger partial charge in [-0.2, -0.15) is 17.0 Å². The van der Waals surface area contributed by atoms with Crippen molar-refractivity contribution in [3.05, 3.63) is 23.9 Å². The zero-order valence-electron chi connectivity index (χ0n) is 9.55. The van der Waals surface area contributed by atoms with E-state index >= 15 is 0 Å². The lowest BCUT2D eigenvalue weighted by molar-refractivity contribution is 0.620. The molecule has 84 valence electrons. The second kappa shape index (κ2) is 4.75. The van der Waals surface area contributed by atoms with E-state index in [2.05, 4.69) is 29.8 Å². The normalized spacial score (nSPS) is 25.2. The van der Waals surface area contributed by atoms with E-state index in [4.69, 9.17) is 5.26 Å². The van der Waals surface area contributed by atoms with E-state index in [1.54, 1.807) is 6.20 Å². The van der Waals surface area contributed by atoms with Crippen LogP contribution in [0.25, 0.3) is 0 Å². The largest absolute Gasteiger partial charge is 0.351 e. The first-order valence-electron chi connectivity index (χ1n) is 5.47. The highest BCUT2D eigenvalue weighted by Crippen LogP contribution is 2.29. The molecule has 1 saturated heterocycles. The quantitative estimate of drug-likeness (QED) is 0.746. The molecule has 0 amide bonds. The zero-order valence-corrected chi connectivity index (χ0v) is 10.4. The molecule has 4 heteroatoms. The molecule has 1 fully saturated rings. The summed E-state index contributed by atoms with van der Waals surface area (Å²) < 4.78 is 0. The molecule has 2 atom stereocenters. The molecule has 0 aliphatic carbocycles. The molecule has 2 rings (SSSR count). The van der Waals surface area contributed by atoms with Gasteiger partial charge in [0.25, 0.3) is 0 Å². The van der Waals surface area contributed by atoms with Gasteiger partial charge in [-0.05, 0) is 19.1 Å². The van der Waals surface area contributed by atoms with Crippen LogP contribution < -0.4 is 4.90 Å². The van der Waals surface area contributed by atoms with Gasteiger partial charge in [-0.1, -0.05) is 6.92 Å². The SMILES string of the molecule is CC1SCCN(c2ncccc2C#N)C1C. The van der Waals surface area contributed by atoms with Gasteiger partial charge in [0.2, 0.25) is 0 Å². The summed E-state index contributed by atoms with van der Waals surface area (Å²) in [5.74, 6) is 1.94. The average molecular weight is 233 g/mol. The summed E-state index contributed by atoms with van der Waals surface area (Å²) in [5, 5.41) is 9.66. The molecule has 16 heavy (non-hydrogen) atoms. The minimum absolute atomic E-state index is 0.431. The lowest BCUT2D eigenvalue weighted by Crippen LogP contribution is -2.45. The van der Waals surface area contributed by atoms with Gasteiger partial charge in [-0.3, -0.25) is 0 Å². The van der Waals surface area contributed by atoms with Gasteiger partial charge >= 0.3 is 0 Å². The molecular formula is C12H15N3S. The van der Waals surface area contributed by atoms with Crippen LogP contribution >= 0.6 is 11.8 Å². The highest BCUT2D eigenvalue weighted by atomic mass is 32.2. The van der Waals surface area contributed by atoms with Crippen molar-refractivity contribution in [2.24, 2.45) is 0 Å². The number of thioether (sulfide) groups is 1. The zero-order chi connectivity index (χ0) is 11.5. The fraction of sp³-hybridized carbons (Fsp3) is 0.500. The van der Waals surface area contributed by atoms with Gasteiger partial charge in [-0.25, -0.2) is 4.98 Å². The Morgan fingerprint density at radius 1 is 1.56 bits per heavy atom. The molecule has 1 aromatic heterocycles. The Morgan fingerprint density at radius 3 is 3.12 bits per heavy atom. The summed E-state index contributed by atoms with van der Waals surface area (Å²) in [6.45, 7) is 5.41. The predicted octanol–water partition coefficient (Wildman–Crippen LogP) is 2.28. The monoisotopic (exact) mass is 233 g/mol. The third-order valence-electron chi connectivity index (χ3n) is 3.06. The lowest BCUT2D eigenvalue weighted by atomic mass is 10.1. The Labute approximate surface area is 100 Å². The Kier molecular flexibility index (Phi) is 3.35. The average Bonchev–Trinajstić information content (AvgIpc) is 2.33. The molecule has 1 aromatic rings. The van der Waals surface area contributed by atoms with E-state index in [-0.39, 0.29) is 0 Å². The summed E-state index contributed by atoms with van der Waals surface area (Å²) in [6.07, 6.45) is 1.76. The van der Waals surface area contributed by atoms with Crippen molar-refractivity contribution in [2.45, 2.75) is 25.1 Å². The number of aromatic nitrogens is 1. The molecular weight excluding hydrogens is 218 g/mol. The van der Waals surface area contributed by atoms with Crippen molar-refractivity contribution < 1.29 is 0 Å². The summed E-state index contributed by atoms with van der Waals surface area (Å²) in [4.78, 5) is 6.60. The molecule has 0 aromatic carbocycles. The number of nitrogens with zero attached hydrogens (tertiary/aromatic N) is 3. The molecule has 2 unspecified atom stereocenters. The Morgan fingerprint density at radius 2 is 2.38 bits per heavy atom. The standard InChI is InChI=1S/C12H15N3S/c1-9-10(2)16-7-6-15(9)12-11(8-13)4-3-5-14-12/h3-5,9-10H,6-7H2,1-2H3. The van der Waals surface area contributed by atoms with E-state index in [1.807, 2.05) is 23.9 Å². The number of pyridine rings is 1. The second-order valence-electron chi connectivity index (χ2n) is 4.00. The minimum atomic E-state index is 0.431. The van der Waals surface area contributed by atoms with Gasteiger partial charge in [0.1, 0.15) is 11.9 Å². The topological polar surface area (TPSA) is 39.9 Å². The molecule has 0 bridgehead atoms. The molecule has 0 spiro atoms. The molecule has 3 nitrogen and oxygen atoms in total. The van der Waals surface area contributed by atoms with Crippen molar-refractivity contribution >= 4 is 17.6 Å². The van der Waals surface area contributed by atoms with Crippen LogP contribution in [0.4, 0.5) is 5.82 Å². The maximum atomic E-state index is 9.08. The van der Waals surface area contributed by atoms with Crippen LogP contribution in [0.15, 0.2) is 18.3 Å². The highest BCUT2D eigenvalue weighted by molar-refractivity contribution is 8.00. The van der Waals surface area contributed by atoms with Crippen molar-refractivity contribution in [2.75, 3.05) is 17.2 Å². The third-order valence-corrected chi connectivity index (χ3v) is 4.40. The van der Waals surface area contributed by atoms with Gasteiger partial charge in [0, 0.05) is 29.8 Å². The summed E-state index contributed by atoms with van der Waals surface area (Å²) in [7, 11) is 0. The molecule has 0 N–H and O–H groups in total. The number of nitriles is 1. The van der Waals surface area contributed by atoms with Crippen LogP contribution in [0.1, 0.15) is 19.4 Å². The van der Waals surface area contributed by atoms with Crippen LogP contribution in [0.5, 0.6) is 0 Å². The summed E-state index contributed by atoms with van der Waals surface area (Å²) in [5.41, 5.74) is 0.674. The van der Waals surface area contributed by atoms with Gasteiger partial charge < -0.3 is 4.90 Å². The predicted molar refractivity (Wildman–Crippen MR) is 67.7 cm³/mol. The maximum absolute atomic E-state index is 9.08. The Balaban J connectivity index is 2.33. The van der Waals surface area contributed by atoms with Gasteiger partial charge in [0.05, 0.1) is 5.56 Å². The summed E-state index contributed by atoms with van der Waals surface area (Å²) >= 11 is 1.99. The first-order valence-corrected chi connectivity index (χ1v) is 6.52. The molecule has 1 aliphatic heterocycles. The fourth-order valence-corrected chi connectivity index (χ4v) is 3.04. The smallest absolute Gasteiger partial charge is 0.146 e. The van der Waals surface area contributed by atoms with Crippen LogP contribution in [-0.4, -0.2) is 28.6 Å². The molecule has 1 aliphatic rings. The van der Waals surface area contributed by atoms with Gasteiger partial charge in [-0.15, -0.1) is 0 Å². The van der Waals surface area contributed by atoms with Crippen molar-refractivity contribution in [3.8, 4) is 6.07 Å². The molecule has 0 saturated carbocycles. The Hall–Kier alpha value is -1.21. The van der Waals surface area contributed by atoms with Gasteiger partial charge in [0.15, 0.2) is 0 Å². The number of rotatable bonds is 1. The first kappa shape index (κ1) is 11.3. The number of hydrogen-bond donors (Lipinski definition) is 0. The van der Waals surface area contributed by atoms with Crippen LogP contribution in [-0.2, 0) is 0 Å². The highest BCUT2D eigenvalue weighted by Gasteiger charge is 2.27. The van der Waals surface area contributed by atoms with E-state index < -0.39 is 0 Å². The second-order valence-corrected chi connectivity index (χ2v) is 5.48. The van der Waals surface area contributed by atoms with E-state index in [1.165, 1.54) is 0 Å². The summed E-state index contributed by atoms with van der Waals surface area (Å²) in [6, 6.07) is 6.30. The van der Waals surface area contributed by atoms with Crippen LogP contribution in [0.3, 0.4) is 0 Å². The van der Waals surface area contributed by atoms with E-state index in [9.17, 15) is 0 Å². The Bertz CT molecular complexity index is 413. The molecule has 2 heterocycles.